The highest BCUT2D eigenvalue weighted by atomic mass is 32.2. The highest BCUT2D eigenvalue weighted by Gasteiger charge is 2.38. The molecule has 144 valence electrons. The van der Waals surface area contributed by atoms with E-state index in [1.807, 2.05) is 0 Å². The third-order valence-corrected chi connectivity index (χ3v) is 7.18. The average Bonchev–Trinajstić information content (AvgIpc) is 3.00. The minimum Gasteiger partial charge on any atom is -0.360 e. The maximum Gasteiger partial charge on any atom is 0.248 e. The Labute approximate surface area is 152 Å². The van der Waals surface area contributed by atoms with Crippen molar-refractivity contribution < 1.29 is 22.5 Å². The van der Waals surface area contributed by atoms with Crippen LogP contribution in [0.3, 0.4) is 0 Å². The fourth-order valence-electron chi connectivity index (χ4n) is 3.64. The summed E-state index contributed by atoms with van der Waals surface area (Å²) in [5, 5.41) is 3.73. The molecule has 0 N–H and O–H groups in total. The topological polar surface area (TPSA) is 104 Å². The summed E-state index contributed by atoms with van der Waals surface area (Å²) < 4.78 is 32.3. The summed E-state index contributed by atoms with van der Waals surface area (Å²) in [7, 11) is -3.74. The first-order valence-electron chi connectivity index (χ1n) is 8.75. The molecule has 0 aliphatic carbocycles. The summed E-state index contributed by atoms with van der Waals surface area (Å²) >= 11 is 0. The van der Waals surface area contributed by atoms with Crippen LogP contribution in [-0.4, -0.2) is 79.3 Å². The molecular weight excluding hydrogens is 360 g/mol. The second kappa shape index (κ2) is 7.36. The van der Waals surface area contributed by atoms with Gasteiger partial charge in [-0.05, 0) is 26.7 Å². The van der Waals surface area contributed by atoms with E-state index in [2.05, 4.69) is 5.16 Å². The van der Waals surface area contributed by atoms with E-state index in [4.69, 9.17) is 4.52 Å². The normalized spacial score (nSPS) is 22.5. The second-order valence-electron chi connectivity index (χ2n) is 6.82. The highest BCUT2D eigenvalue weighted by molar-refractivity contribution is 7.89. The standard InChI is InChI=1S/C16H24N4O5S/c1-12-15(13(2)25-17-12)26(23,24)20-5-3-4-14(10-20)16(22)19-8-6-18(11-21)7-9-19/h11,14H,3-10H2,1-2H3. The smallest absolute Gasteiger partial charge is 0.248 e. The van der Waals surface area contributed by atoms with Gasteiger partial charge in [0.25, 0.3) is 0 Å². The van der Waals surface area contributed by atoms with Crippen LogP contribution in [0, 0.1) is 19.8 Å². The lowest BCUT2D eigenvalue weighted by Crippen LogP contribution is -2.52. The highest BCUT2D eigenvalue weighted by Crippen LogP contribution is 2.28. The Hall–Kier alpha value is -1.94. The SMILES string of the molecule is Cc1noc(C)c1S(=O)(=O)N1CCCC(C(=O)N2CCN(C=O)CC2)C1. The van der Waals surface area contributed by atoms with Gasteiger partial charge in [-0.2, -0.15) is 4.31 Å². The van der Waals surface area contributed by atoms with E-state index >= 15 is 0 Å². The molecule has 1 aromatic rings. The fourth-order valence-corrected chi connectivity index (χ4v) is 5.46. The van der Waals surface area contributed by atoms with Crippen LogP contribution in [0.15, 0.2) is 9.42 Å². The predicted molar refractivity (Wildman–Crippen MR) is 91.7 cm³/mol. The van der Waals surface area contributed by atoms with Gasteiger partial charge in [-0.1, -0.05) is 5.16 Å². The van der Waals surface area contributed by atoms with Crippen molar-refractivity contribution >= 4 is 22.3 Å². The maximum absolute atomic E-state index is 13.0. The molecular formula is C16H24N4O5S. The summed E-state index contributed by atoms with van der Waals surface area (Å²) in [6, 6.07) is 0. The molecule has 26 heavy (non-hydrogen) atoms. The number of nitrogens with zero attached hydrogens (tertiary/aromatic N) is 4. The Morgan fingerprint density at radius 1 is 1.19 bits per heavy atom. The molecule has 9 nitrogen and oxygen atoms in total. The maximum atomic E-state index is 13.0. The van der Waals surface area contributed by atoms with Crippen LogP contribution in [0.1, 0.15) is 24.3 Å². The number of hydrogen-bond acceptors (Lipinski definition) is 6. The van der Waals surface area contributed by atoms with Gasteiger partial charge < -0.3 is 14.3 Å². The van der Waals surface area contributed by atoms with E-state index in [-0.39, 0.29) is 29.0 Å². The minimum atomic E-state index is -3.74. The third kappa shape index (κ3) is 3.48. The molecule has 0 radical (unpaired) electrons. The Balaban J connectivity index is 1.71. The number of aromatic nitrogens is 1. The molecule has 2 amide bonds. The van der Waals surface area contributed by atoms with Crippen molar-refractivity contribution in [2.45, 2.75) is 31.6 Å². The van der Waals surface area contributed by atoms with Gasteiger partial charge in [0.15, 0.2) is 5.76 Å². The van der Waals surface area contributed by atoms with Gasteiger partial charge in [0.05, 0.1) is 5.92 Å². The molecule has 2 fully saturated rings. The molecule has 3 rings (SSSR count). The molecule has 0 spiro atoms. The first-order chi connectivity index (χ1) is 12.3. The molecule has 1 unspecified atom stereocenters. The second-order valence-corrected chi connectivity index (χ2v) is 8.70. The Morgan fingerprint density at radius 2 is 1.88 bits per heavy atom. The number of rotatable bonds is 4. The van der Waals surface area contributed by atoms with Crippen LogP contribution in [0.2, 0.25) is 0 Å². The molecule has 1 atom stereocenters. The summed E-state index contributed by atoms with van der Waals surface area (Å²) in [4.78, 5) is 27.1. The summed E-state index contributed by atoms with van der Waals surface area (Å²) in [6.45, 7) is 5.74. The molecule has 0 saturated carbocycles. The molecule has 2 aliphatic heterocycles. The van der Waals surface area contributed by atoms with Gasteiger partial charge in [0.1, 0.15) is 10.6 Å². The van der Waals surface area contributed by atoms with Crippen molar-refractivity contribution in [3.05, 3.63) is 11.5 Å². The lowest BCUT2D eigenvalue weighted by molar-refractivity contribution is -0.140. The number of piperidine rings is 1. The zero-order chi connectivity index (χ0) is 18.9. The summed E-state index contributed by atoms with van der Waals surface area (Å²) in [6.07, 6.45) is 2.09. The molecule has 10 heteroatoms. The van der Waals surface area contributed by atoms with E-state index in [0.29, 0.717) is 51.3 Å². The summed E-state index contributed by atoms with van der Waals surface area (Å²) in [5.74, 6) is -0.128. The van der Waals surface area contributed by atoms with Gasteiger partial charge in [0, 0.05) is 39.3 Å². The Morgan fingerprint density at radius 3 is 2.46 bits per heavy atom. The van der Waals surface area contributed by atoms with Crippen molar-refractivity contribution in [2.24, 2.45) is 5.92 Å². The Kier molecular flexibility index (Phi) is 5.33. The molecule has 3 heterocycles. The number of aryl methyl sites for hydroxylation is 2. The minimum absolute atomic E-state index is 0.0331. The van der Waals surface area contributed by atoms with E-state index in [0.717, 1.165) is 6.41 Å². The van der Waals surface area contributed by atoms with Crippen molar-refractivity contribution in [1.82, 2.24) is 19.3 Å². The molecule has 2 aliphatic rings. The van der Waals surface area contributed by atoms with Crippen LogP contribution in [-0.2, 0) is 19.6 Å². The number of piperazine rings is 1. The van der Waals surface area contributed by atoms with E-state index < -0.39 is 10.0 Å². The van der Waals surface area contributed by atoms with Gasteiger partial charge in [-0.3, -0.25) is 9.59 Å². The average molecular weight is 384 g/mol. The lowest BCUT2D eigenvalue weighted by Gasteiger charge is -2.37. The van der Waals surface area contributed by atoms with Gasteiger partial charge in [0.2, 0.25) is 22.3 Å². The zero-order valence-electron chi connectivity index (χ0n) is 15.0. The predicted octanol–water partition coefficient (Wildman–Crippen LogP) is -0.00726. The van der Waals surface area contributed by atoms with Crippen molar-refractivity contribution in [3.8, 4) is 0 Å². The van der Waals surface area contributed by atoms with Crippen LogP contribution in [0.4, 0.5) is 0 Å². The van der Waals surface area contributed by atoms with Crippen molar-refractivity contribution in [3.63, 3.8) is 0 Å². The van der Waals surface area contributed by atoms with Gasteiger partial charge in [-0.15, -0.1) is 0 Å². The van der Waals surface area contributed by atoms with Crippen molar-refractivity contribution in [1.29, 1.82) is 0 Å². The number of sulfonamides is 1. The molecule has 2 saturated heterocycles. The number of hydrogen-bond donors (Lipinski definition) is 0. The summed E-state index contributed by atoms with van der Waals surface area (Å²) in [5.41, 5.74) is 0.334. The zero-order valence-corrected chi connectivity index (χ0v) is 15.9. The molecule has 1 aromatic heterocycles. The third-order valence-electron chi connectivity index (χ3n) is 5.07. The fraction of sp³-hybridized carbons (Fsp3) is 0.688. The Bertz CT molecular complexity index is 763. The van der Waals surface area contributed by atoms with Gasteiger partial charge >= 0.3 is 0 Å². The molecule has 0 bridgehead atoms. The quantitative estimate of drug-likeness (QED) is 0.677. The monoisotopic (exact) mass is 384 g/mol. The van der Waals surface area contributed by atoms with Crippen LogP contribution >= 0.6 is 0 Å². The lowest BCUT2D eigenvalue weighted by atomic mass is 9.98. The number of amides is 2. The first-order valence-corrected chi connectivity index (χ1v) is 10.2. The van der Waals surface area contributed by atoms with Gasteiger partial charge in [-0.25, -0.2) is 8.42 Å². The molecule has 0 aromatic carbocycles. The van der Waals surface area contributed by atoms with Crippen LogP contribution in [0.25, 0.3) is 0 Å². The largest absolute Gasteiger partial charge is 0.360 e. The van der Waals surface area contributed by atoms with E-state index in [1.54, 1.807) is 23.6 Å². The first kappa shape index (κ1) is 18.8. The van der Waals surface area contributed by atoms with Crippen molar-refractivity contribution in [2.75, 3.05) is 39.3 Å². The van der Waals surface area contributed by atoms with E-state index in [1.165, 1.54) is 4.31 Å². The number of carbonyl (C=O) groups excluding carboxylic acids is 2. The van der Waals surface area contributed by atoms with Crippen LogP contribution in [0.5, 0.6) is 0 Å². The van der Waals surface area contributed by atoms with E-state index in [9.17, 15) is 18.0 Å². The number of carbonyl (C=O) groups is 2. The van der Waals surface area contributed by atoms with Crippen LogP contribution < -0.4 is 0 Å².